The van der Waals surface area contributed by atoms with Gasteiger partial charge in [-0.15, -0.1) is 0 Å². The minimum atomic E-state index is -3.83. The summed E-state index contributed by atoms with van der Waals surface area (Å²) in [5.41, 5.74) is 1.84. The fraction of sp³-hybridized carbons (Fsp3) is 0.211. The van der Waals surface area contributed by atoms with E-state index in [4.69, 9.17) is 4.74 Å². The Kier molecular flexibility index (Phi) is 7.36. The number of carbonyl (C=O) groups excluding carboxylic acids is 1. The summed E-state index contributed by atoms with van der Waals surface area (Å²) in [6, 6.07) is 14.6. The molecule has 0 spiro atoms. The van der Waals surface area contributed by atoms with Crippen LogP contribution in [0.2, 0.25) is 0 Å². The van der Waals surface area contributed by atoms with Crippen LogP contribution in [0.3, 0.4) is 0 Å². The topological polar surface area (TPSA) is 72.5 Å². The van der Waals surface area contributed by atoms with Crippen molar-refractivity contribution in [1.29, 1.82) is 0 Å². The van der Waals surface area contributed by atoms with Gasteiger partial charge in [0.05, 0.1) is 23.1 Å². The number of sulfonamides is 1. The first-order chi connectivity index (χ1) is 12.4. The summed E-state index contributed by atoms with van der Waals surface area (Å²) in [5, 5.41) is 0. The molecule has 0 heterocycles. The highest BCUT2D eigenvalue weighted by atomic mass is 127. The first kappa shape index (κ1) is 20.6. The highest BCUT2D eigenvalue weighted by Crippen LogP contribution is 2.26. The molecule has 1 N–H and O–H groups in total. The van der Waals surface area contributed by atoms with Crippen molar-refractivity contribution in [3.05, 3.63) is 75.4 Å². The Balaban J connectivity index is 2.44. The van der Waals surface area contributed by atoms with Crippen molar-refractivity contribution in [3.8, 4) is 0 Å². The number of benzene rings is 2. The molecule has 5 nitrogen and oxygen atoms in total. The molecule has 0 bridgehead atoms. The van der Waals surface area contributed by atoms with E-state index in [9.17, 15) is 13.2 Å². The van der Waals surface area contributed by atoms with Gasteiger partial charge in [0.2, 0.25) is 10.0 Å². The maximum atomic E-state index is 12.8. The van der Waals surface area contributed by atoms with Gasteiger partial charge >= 0.3 is 5.97 Å². The minimum Gasteiger partial charge on any atom is -0.463 e. The number of nitrogens with one attached hydrogen (secondary N) is 1. The van der Waals surface area contributed by atoms with Gasteiger partial charge in [0.25, 0.3) is 0 Å². The van der Waals surface area contributed by atoms with Crippen LogP contribution in [0.5, 0.6) is 0 Å². The van der Waals surface area contributed by atoms with Crippen LogP contribution in [-0.4, -0.2) is 21.0 Å². The van der Waals surface area contributed by atoms with E-state index >= 15 is 0 Å². The summed E-state index contributed by atoms with van der Waals surface area (Å²) in [7, 11) is -3.83. The average Bonchev–Trinajstić information content (AvgIpc) is 2.63. The van der Waals surface area contributed by atoms with Crippen LogP contribution >= 0.6 is 22.6 Å². The Morgan fingerprint density at radius 3 is 2.31 bits per heavy atom. The van der Waals surface area contributed by atoms with Crippen LogP contribution < -0.4 is 4.72 Å². The third-order valence-corrected chi connectivity index (χ3v) is 5.79. The molecule has 0 saturated heterocycles. The molecule has 26 heavy (non-hydrogen) atoms. The van der Waals surface area contributed by atoms with Gasteiger partial charge in [-0.25, -0.2) is 13.2 Å². The van der Waals surface area contributed by atoms with Crippen LogP contribution in [-0.2, 0) is 19.6 Å². The predicted molar refractivity (Wildman–Crippen MR) is 109 cm³/mol. The predicted octanol–water partition coefficient (Wildman–Crippen LogP) is 3.90. The Hall–Kier alpha value is -1.71. The lowest BCUT2D eigenvalue weighted by Gasteiger charge is -2.21. The molecule has 138 valence electrons. The van der Waals surface area contributed by atoms with E-state index in [-0.39, 0.29) is 17.1 Å². The van der Waals surface area contributed by atoms with Crippen LogP contribution in [0.25, 0.3) is 0 Å². The van der Waals surface area contributed by atoms with Crippen LogP contribution in [0.1, 0.15) is 24.1 Å². The van der Waals surface area contributed by atoms with Crippen LogP contribution in [0, 0.1) is 6.92 Å². The quantitative estimate of drug-likeness (QED) is 0.367. The van der Waals surface area contributed by atoms with Gasteiger partial charge in [0, 0.05) is 0 Å². The summed E-state index contributed by atoms with van der Waals surface area (Å²) in [6.45, 7) is 3.80. The second kappa shape index (κ2) is 9.29. The highest BCUT2D eigenvalue weighted by Gasteiger charge is 2.28. The minimum absolute atomic E-state index is 0.140. The van der Waals surface area contributed by atoms with E-state index in [0.717, 1.165) is 5.56 Å². The van der Waals surface area contributed by atoms with E-state index in [1.54, 1.807) is 47.4 Å². The monoisotopic (exact) mass is 485 g/mol. The fourth-order valence-corrected chi connectivity index (χ4v) is 4.15. The fourth-order valence-electron chi connectivity index (χ4n) is 2.34. The molecular formula is C19H20INO4S. The Morgan fingerprint density at radius 1 is 1.15 bits per heavy atom. The normalized spacial score (nSPS) is 13.3. The molecule has 0 saturated carbocycles. The Bertz CT molecular complexity index is 878. The summed E-state index contributed by atoms with van der Waals surface area (Å²) in [5.74, 6) is -0.553. The van der Waals surface area contributed by atoms with Crippen molar-refractivity contribution in [3.63, 3.8) is 0 Å². The van der Waals surface area contributed by atoms with Gasteiger partial charge in [-0.3, -0.25) is 0 Å². The lowest BCUT2D eigenvalue weighted by molar-refractivity contribution is -0.138. The first-order valence-corrected chi connectivity index (χ1v) is 10.7. The van der Waals surface area contributed by atoms with Crippen molar-refractivity contribution in [2.45, 2.75) is 24.8 Å². The lowest BCUT2D eigenvalue weighted by atomic mass is 10.0. The van der Waals surface area contributed by atoms with Crippen molar-refractivity contribution >= 4 is 38.6 Å². The molecule has 2 aromatic carbocycles. The Labute approximate surface area is 167 Å². The molecule has 0 aromatic heterocycles. The molecule has 0 fully saturated rings. The van der Waals surface area contributed by atoms with E-state index in [1.807, 2.05) is 35.6 Å². The van der Waals surface area contributed by atoms with Gasteiger partial charge in [-0.2, -0.15) is 4.72 Å². The van der Waals surface area contributed by atoms with Crippen molar-refractivity contribution in [1.82, 2.24) is 4.72 Å². The van der Waals surface area contributed by atoms with Gasteiger partial charge < -0.3 is 4.74 Å². The maximum Gasteiger partial charge on any atom is 0.336 e. The number of ether oxygens (including phenoxy) is 1. The van der Waals surface area contributed by atoms with Crippen molar-refractivity contribution in [2.24, 2.45) is 0 Å². The molecule has 0 radical (unpaired) electrons. The van der Waals surface area contributed by atoms with Crippen molar-refractivity contribution < 1.29 is 17.9 Å². The van der Waals surface area contributed by atoms with Crippen LogP contribution in [0.15, 0.2) is 69.1 Å². The number of carbonyl (C=O) groups is 1. The van der Waals surface area contributed by atoms with E-state index in [0.29, 0.717) is 5.56 Å². The second-order valence-electron chi connectivity index (χ2n) is 5.56. The third-order valence-electron chi connectivity index (χ3n) is 3.68. The zero-order valence-corrected chi connectivity index (χ0v) is 17.5. The molecule has 7 heteroatoms. The smallest absolute Gasteiger partial charge is 0.336 e. The number of halogens is 1. The number of hydrogen-bond donors (Lipinski definition) is 1. The average molecular weight is 485 g/mol. The molecule has 0 aliphatic carbocycles. The van der Waals surface area contributed by atoms with Gasteiger partial charge in [-0.05, 0) is 35.6 Å². The van der Waals surface area contributed by atoms with Crippen molar-refractivity contribution in [2.75, 3.05) is 6.61 Å². The van der Waals surface area contributed by atoms with Gasteiger partial charge in [0.15, 0.2) is 0 Å². The van der Waals surface area contributed by atoms with E-state index in [2.05, 4.69) is 4.72 Å². The molecule has 0 amide bonds. The number of hydrogen-bond acceptors (Lipinski definition) is 4. The number of aryl methyl sites for hydroxylation is 1. The standard InChI is InChI=1S/C19H20INO4S/c1-3-25-19(22)17(13-20)18(15-7-5-4-6-8-15)21-26(23,24)16-11-9-14(2)10-12-16/h4-13,18,21H,3H2,1-2H3/b17-13-. The molecular weight excluding hydrogens is 465 g/mol. The summed E-state index contributed by atoms with van der Waals surface area (Å²) >= 11 is 1.92. The van der Waals surface area contributed by atoms with Gasteiger partial charge in [-0.1, -0.05) is 70.6 Å². The number of rotatable bonds is 7. The second-order valence-corrected chi connectivity index (χ2v) is 7.90. The molecule has 0 aliphatic heterocycles. The van der Waals surface area contributed by atoms with E-state index in [1.165, 1.54) is 12.1 Å². The summed E-state index contributed by atoms with van der Waals surface area (Å²) < 4.78 is 34.9. The van der Waals surface area contributed by atoms with Crippen LogP contribution in [0.4, 0.5) is 0 Å². The highest BCUT2D eigenvalue weighted by molar-refractivity contribution is 14.1. The number of esters is 1. The third kappa shape index (κ3) is 5.15. The van der Waals surface area contributed by atoms with E-state index < -0.39 is 22.0 Å². The van der Waals surface area contributed by atoms with Gasteiger partial charge in [0.1, 0.15) is 0 Å². The SMILES string of the molecule is CCOC(=O)/C(=C\I)C(NS(=O)(=O)c1ccc(C)cc1)c1ccccc1. The maximum absolute atomic E-state index is 12.8. The first-order valence-electron chi connectivity index (χ1n) is 8.00. The Morgan fingerprint density at radius 2 is 1.77 bits per heavy atom. The summed E-state index contributed by atoms with van der Waals surface area (Å²) in [6.07, 6.45) is 0. The summed E-state index contributed by atoms with van der Waals surface area (Å²) in [4.78, 5) is 12.5. The molecule has 0 aliphatic rings. The molecule has 2 rings (SSSR count). The zero-order chi connectivity index (χ0) is 19.2. The molecule has 1 unspecified atom stereocenters. The molecule has 1 atom stereocenters. The molecule has 2 aromatic rings. The lowest BCUT2D eigenvalue weighted by Crippen LogP contribution is -2.32. The largest absolute Gasteiger partial charge is 0.463 e. The zero-order valence-electron chi connectivity index (χ0n) is 14.5.